The van der Waals surface area contributed by atoms with Gasteiger partial charge in [-0.05, 0) is 43.5 Å². The van der Waals surface area contributed by atoms with Gasteiger partial charge in [0.2, 0.25) is 0 Å². The molecule has 1 saturated carbocycles. The van der Waals surface area contributed by atoms with Crippen LogP contribution in [0.3, 0.4) is 0 Å². The summed E-state index contributed by atoms with van der Waals surface area (Å²) in [6, 6.07) is 3.93. The molecule has 2 rings (SSSR count). The molecule has 0 aliphatic heterocycles. The van der Waals surface area contributed by atoms with Crippen LogP contribution in [0.2, 0.25) is 0 Å². The third kappa shape index (κ3) is 3.81. The van der Waals surface area contributed by atoms with Crippen molar-refractivity contribution in [3.63, 3.8) is 0 Å². The number of anilines is 1. The molecule has 1 aliphatic carbocycles. The van der Waals surface area contributed by atoms with Crippen LogP contribution in [-0.4, -0.2) is 23.1 Å². The number of benzene rings is 1. The second-order valence-electron chi connectivity index (χ2n) is 4.63. The molecule has 0 aromatic heterocycles. The number of carbonyl (C=O) groups is 2. The standard InChI is InChI=1S/C14H15FN2O3/c15-12-8-11(6-4-9(12)5-7-13(18)19)17-14(20)16-10-2-1-3-10/h4-8,10H,1-3H2,(H,18,19)(H2,16,17,20)/b7-5+. The van der Waals surface area contributed by atoms with Gasteiger partial charge in [-0.2, -0.15) is 0 Å². The van der Waals surface area contributed by atoms with Crippen molar-refractivity contribution in [2.45, 2.75) is 25.3 Å². The Balaban J connectivity index is 1.97. The third-order valence-electron chi connectivity index (χ3n) is 3.10. The van der Waals surface area contributed by atoms with Crippen LogP contribution in [0.5, 0.6) is 0 Å². The van der Waals surface area contributed by atoms with Crippen molar-refractivity contribution >= 4 is 23.8 Å². The maximum absolute atomic E-state index is 13.7. The Morgan fingerprint density at radius 1 is 1.35 bits per heavy atom. The average Bonchev–Trinajstić information content (AvgIpc) is 2.33. The molecule has 1 aliphatic rings. The molecule has 2 amide bonds. The first kappa shape index (κ1) is 14.0. The van der Waals surface area contributed by atoms with E-state index in [2.05, 4.69) is 10.6 Å². The summed E-state index contributed by atoms with van der Waals surface area (Å²) in [5, 5.41) is 13.8. The van der Waals surface area contributed by atoms with Crippen LogP contribution in [0, 0.1) is 5.82 Å². The highest BCUT2D eigenvalue weighted by atomic mass is 19.1. The quantitative estimate of drug-likeness (QED) is 0.741. The Bertz CT molecular complexity index is 553. The van der Waals surface area contributed by atoms with Crippen molar-refractivity contribution in [3.05, 3.63) is 35.7 Å². The summed E-state index contributed by atoms with van der Waals surface area (Å²) in [5.74, 6) is -1.74. The molecule has 1 aromatic rings. The first-order chi connectivity index (χ1) is 9.54. The molecule has 0 radical (unpaired) electrons. The fourth-order valence-electron chi connectivity index (χ4n) is 1.81. The summed E-state index contributed by atoms with van der Waals surface area (Å²) in [4.78, 5) is 21.9. The third-order valence-corrected chi connectivity index (χ3v) is 3.10. The number of carboxylic acid groups (broad SMARTS) is 1. The molecule has 0 heterocycles. The van der Waals surface area contributed by atoms with Crippen LogP contribution in [0.15, 0.2) is 24.3 Å². The van der Waals surface area contributed by atoms with Crippen LogP contribution in [-0.2, 0) is 4.79 Å². The van der Waals surface area contributed by atoms with E-state index < -0.39 is 11.8 Å². The highest BCUT2D eigenvalue weighted by Crippen LogP contribution is 2.19. The summed E-state index contributed by atoms with van der Waals surface area (Å²) in [5.41, 5.74) is 0.476. The minimum atomic E-state index is -1.15. The van der Waals surface area contributed by atoms with Gasteiger partial charge in [0.15, 0.2) is 0 Å². The van der Waals surface area contributed by atoms with Crippen molar-refractivity contribution in [3.8, 4) is 0 Å². The first-order valence-electron chi connectivity index (χ1n) is 6.32. The zero-order chi connectivity index (χ0) is 14.5. The molecular formula is C14H15FN2O3. The molecule has 1 fully saturated rings. The molecule has 0 bridgehead atoms. The Labute approximate surface area is 115 Å². The molecule has 0 unspecified atom stereocenters. The van der Waals surface area contributed by atoms with Gasteiger partial charge in [0.1, 0.15) is 5.82 Å². The van der Waals surface area contributed by atoms with E-state index in [1.807, 2.05) is 0 Å². The number of rotatable bonds is 4. The van der Waals surface area contributed by atoms with Gasteiger partial charge < -0.3 is 15.7 Å². The number of halogens is 1. The van der Waals surface area contributed by atoms with E-state index in [1.165, 1.54) is 12.1 Å². The molecular weight excluding hydrogens is 263 g/mol. The molecule has 1 aromatic carbocycles. The van der Waals surface area contributed by atoms with Crippen LogP contribution >= 0.6 is 0 Å². The Morgan fingerprint density at radius 2 is 2.10 bits per heavy atom. The molecule has 3 N–H and O–H groups in total. The number of carbonyl (C=O) groups excluding carboxylic acids is 1. The smallest absolute Gasteiger partial charge is 0.328 e. The summed E-state index contributed by atoms with van der Waals surface area (Å²) >= 11 is 0. The summed E-state index contributed by atoms with van der Waals surface area (Å²) < 4.78 is 13.7. The van der Waals surface area contributed by atoms with Gasteiger partial charge in [-0.15, -0.1) is 0 Å². The van der Waals surface area contributed by atoms with E-state index in [1.54, 1.807) is 0 Å². The van der Waals surface area contributed by atoms with Crippen LogP contribution < -0.4 is 10.6 Å². The zero-order valence-corrected chi connectivity index (χ0v) is 10.7. The minimum absolute atomic E-state index is 0.150. The second-order valence-corrected chi connectivity index (χ2v) is 4.63. The molecule has 6 heteroatoms. The van der Waals surface area contributed by atoms with Gasteiger partial charge in [0.25, 0.3) is 0 Å². The fourth-order valence-corrected chi connectivity index (χ4v) is 1.81. The maximum atomic E-state index is 13.7. The average molecular weight is 278 g/mol. The number of hydrogen-bond donors (Lipinski definition) is 3. The fraction of sp³-hybridized carbons (Fsp3) is 0.286. The summed E-state index contributed by atoms with van der Waals surface area (Å²) in [6.45, 7) is 0. The predicted octanol–water partition coefficient (Wildman–Crippen LogP) is 2.60. The lowest BCUT2D eigenvalue weighted by Gasteiger charge is -2.26. The number of urea groups is 1. The number of hydrogen-bond acceptors (Lipinski definition) is 2. The van der Waals surface area contributed by atoms with Crippen LogP contribution in [0.25, 0.3) is 6.08 Å². The van der Waals surface area contributed by atoms with Gasteiger partial charge in [-0.3, -0.25) is 0 Å². The van der Waals surface area contributed by atoms with Gasteiger partial charge in [-0.1, -0.05) is 0 Å². The van der Waals surface area contributed by atoms with Crippen molar-refractivity contribution in [2.75, 3.05) is 5.32 Å². The number of nitrogens with one attached hydrogen (secondary N) is 2. The molecule has 5 nitrogen and oxygen atoms in total. The normalized spacial score (nSPS) is 14.8. The highest BCUT2D eigenvalue weighted by Gasteiger charge is 2.19. The second kappa shape index (κ2) is 6.18. The number of amides is 2. The van der Waals surface area contributed by atoms with Crippen molar-refractivity contribution < 1.29 is 19.1 Å². The molecule has 0 spiro atoms. The SMILES string of the molecule is O=C(O)/C=C/c1ccc(NC(=O)NC2CCC2)cc1F. The van der Waals surface area contributed by atoms with E-state index in [9.17, 15) is 14.0 Å². The van der Waals surface area contributed by atoms with Crippen LogP contribution in [0.1, 0.15) is 24.8 Å². The highest BCUT2D eigenvalue weighted by molar-refractivity contribution is 5.90. The zero-order valence-electron chi connectivity index (χ0n) is 10.7. The lowest BCUT2D eigenvalue weighted by molar-refractivity contribution is -0.131. The van der Waals surface area contributed by atoms with Gasteiger partial charge >= 0.3 is 12.0 Å². The maximum Gasteiger partial charge on any atom is 0.328 e. The van der Waals surface area contributed by atoms with Crippen molar-refractivity contribution in [2.24, 2.45) is 0 Å². The molecule has 0 atom stereocenters. The van der Waals surface area contributed by atoms with Crippen molar-refractivity contribution in [1.82, 2.24) is 5.32 Å². The van der Waals surface area contributed by atoms with E-state index in [0.29, 0.717) is 5.69 Å². The van der Waals surface area contributed by atoms with E-state index in [4.69, 9.17) is 5.11 Å². The minimum Gasteiger partial charge on any atom is -0.478 e. The summed E-state index contributed by atoms with van der Waals surface area (Å²) in [6.07, 6.45) is 5.08. The number of aliphatic carboxylic acids is 1. The largest absolute Gasteiger partial charge is 0.478 e. The van der Waals surface area contributed by atoms with Gasteiger partial charge in [0.05, 0.1) is 0 Å². The topological polar surface area (TPSA) is 78.4 Å². The van der Waals surface area contributed by atoms with Gasteiger partial charge in [-0.25, -0.2) is 14.0 Å². The van der Waals surface area contributed by atoms with Crippen molar-refractivity contribution in [1.29, 1.82) is 0 Å². The molecule has 106 valence electrons. The first-order valence-corrected chi connectivity index (χ1v) is 6.32. The Hall–Kier alpha value is -2.37. The van der Waals surface area contributed by atoms with E-state index in [-0.39, 0.29) is 17.6 Å². The predicted molar refractivity (Wildman–Crippen MR) is 72.9 cm³/mol. The number of carboxylic acids is 1. The Morgan fingerprint density at radius 3 is 2.65 bits per heavy atom. The molecule has 0 saturated heterocycles. The Kier molecular flexibility index (Phi) is 4.34. The van der Waals surface area contributed by atoms with E-state index in [0.717, 1.165) is 37.5 Å². The monoisotopic (exact) mass is 278 g/mol. The summed E-state index contributed by atoms with van der Waals surface area (Å²) in [7, 11) is 0. The van der Waals surface area contributed by atoms with Crippen LogP contribution in [0.4, 0.5) is 14.9 Å². The lowest BCUT2D eigenvalue weighted by Crippen LogP contribution is -2.41. The lowest BCUT2D eigenvalue weighted by atomic mass is 9.93. The van der Waals surface area contributed by atoms with Gasteiger partial charge in [0, 0.05) is 23.4 Å². The molecule has 20 heavy (non-hydrogen) atoms. The van der Waals surface area contributed by atoms with E-state index >= 15 is 0 Å².